The second kappa shape index (κ2) is 10.1. The largest absolute Gasteiger partial charge is 0.388 e. The van der Waals surface area contributed by atoms with Crippen LogP contribution in [0.5, 0.6) is 0 Å². The van der Waals surface area contributed by atoms with Gasteiger partial charge in [-0.05, 0) is 24.5 Å². The van der Waals surface area contributed by atoms with E-state index in [1.807, 2.05) is 60.7 Å². The van der Waals surface area contributed by atoms with Crippen molar-refractivity contribution < 1.29 is 14.6 Å². The van der Waals surface area contributed by atoms with Crippen LogP contribution in [0.4, 0.5) is 0 Å². The predicted molar refractivity (Wildman–Crippen MR) is 120 cm³/mol. The summed E-state index contributed by atoms with van der Waals surface area (Å²) < 4.78 is 13.5. The molecule has 1 saturated carbocycles. The number of benzene rings is 2. The molecular formula is C25H28N2O5. The minimum Gasteiger partial charge on any atom is -0.388 e. The van der Waals surface area contributed by atoms with Gasteiger partial charge in [-0.25, -0.2) is 4.79 Å². The first-order valence-electron chi connectivity index (χ1n) is 10.8. The van der Waals surface area contributed by atoms with Crippen LogP contribution in [0.1, 0.15) is 29.2 Å². The normalized spacial score (nSPS) is 22.8. The molecule has 0 amide bonds. The van der Waals surface area contributed by atoms with Crippen molar-refractivity contribution >= 4 is 0 Å². The van der Waals surface area contributed by atoms with Crippen molar-refractivity contribution in [2.45, 2.75) is 44.8 Å². The zero-order chi connectivity index (χ0) is 22.5. The maximum Gasteiger partial charge on any atom is 0.328 e. The first-order valence-corrected chi connectivity index (χ1v) is 10.8. The van der Waals surface area contributed by atoms with Gasteiger partial charge in [0, 0.05) is 17.7 Å². The predicted octanol–water partition coefficient (Wildman–Crippen LogP) is 2.57. The molecule has 2 N–H and O–H groups in total. The van der Waals surface area contributed by atoms with Gasteiger partial charge >= 0.3 is 5.69 Å². The fraction of sp³-hybridized carbons (Fsp3) is 0.360. The Morgan fingerprint density at radius 2 is 1.62 bits per heavy atom. The van der Waals surface area contributed by atoms with Gasteiger partial charge in [0.2, 0.25) is 0 Å². The van der Waals surface area contributed by atoms with Crippen LogP contribution in [-0.2, 0) is 22.7 Å². The summed E-state index contributed by atoms with van der Waals surface area (Å²) in [6, 6.07) is 19.1. The molecule has 1 aromatic heterocycles. The molecule has 0 unspecified atom stereocenters. The zero-order valence-corrected chi connectivity index (χ0v) is 18.0. The fourth-order valence-electron chi connectivity index (χ4n) is 4.26. The summed E-state index contributed by atoms with van der Waals surface area (Å²) in [5.74, 6) is -0.110. The molecular weight excluding hydrogens is 408 g/mol. The molecule has 168 valence electrons. The van der Waals surface area contributed by atoms with E-state index in [0.29, 0.717) is 31.8 Å². The Morgan fingerprint density at radius 1 is 1.00 bits per heavy atom. The molecule has 3 aromatic rings. The summed E-state index contributed by atoms with van der Waals surface area (Å²) in [6.45, 7) is 2.84. The number of rotatable bonds is 8. The molecule has 2 aromatic carbocycles. The number of aromatic nitrogens is 2. The Labute approximate surface area is 186 Å². The van der Waals surface area contributed by atoms with Crippen molar-refractivity contribution in [2.24, 2.45) is 5.92 Å². The van der Waals surface area contributed by atoms with Crippen molar-refractivity contribution in [3.63, 3.8) is 0 Å². The highest BCUT2D eigenvalue weighted by Crippen LogP contribution is 2.37. The van der Waals surface area contributed by atoms with E-state index in [0.717, 1.165) is 11.1 Å². The number of H-pyrrole nitrogens is 1. The average Bonchev–Trinajstić information content (AvgIpc) is 3.11. The molecule has 32 heavy (non-hydrogen) atoms. The van der Waals surface area contributed by atoms with Crippen LogP contribution in [-0.4, -0.2) is 33.5 Å². The molecule has 1 fully saturated rings. The number of nitrogens with zero attached hydrogens (tertiary/aromatic N) is 1. The zero-order valence-electron chi connectivity index (χ0n) is 18.0. The number of ether oxygens (including phenoxy) is 2. The lowest BCUT2D eigenvalue weighted by molar-refractivity contribution is -0.0717. The number of aryl methyl sites for hydroxylation is 1. The average molecular weight is 437 g/mol. The van der Waals surface area contributed by atoms with Crippen molar-refractivity contribution in [2.75, 3.05) is 6.61 Å². The van der Waals surface area contributed by atoms with Crippen molar-refractivity contribution in [3.8, 4) is 0 Å². The minimum absolute atomic E-state index is 0.110. The number of aliphatic hydroxyl groups excluding tert-OH is 1. The second-order valence-corrected chi connectivity index (χ2v) is 8.29. The first kappa shape index (κ1) is 22.2. The Balaban J connectivity index is 1.51. The van der Waals surface area contributed by atoms with Crippen molar-refractivity contribution in [1.29, 1.82) is 0 Å². The van der Waals surface area contributed by atoms with E-state index in [1.165, 1.54) is 10.8 Å². The molecule has 1 aliphatic rings. The number of hydrogen-bond acceptors (Lipinski definition) is 5. The van der Waals surface area contributed by atoms with E-state index >= 15 is 0 Å². The van der Waals surface area contributed by atoms with Gasteiger partial charge in [-0.2, -0.15) is 0 Å². The summed E-state index contributed by atoms with van der Waals surface area (Å²) in [5, 5.41) is 11.1. The number of aromatic amines is 1. The molecule has 0 spiro atoms. The smallest absolute Gasteiger partial charge is 0.328 e. The Morgan fingerprint density at radius 3 is 2.28 bits per heavy atom. The molecule has 1 aliphatic carbocycles. The van der Waals surface area contributed by atoms with Gasteiger partial charge in [0.05, 0.1) is 32.0 Å². The minimum atomic E-state index is -0.910. The van der Waals surface area contributed by atoms with E-state index in [1.54, 1.807) is 6.92 Å². The number of aliphatic hydroxyl groups is 1. The van der Waals surface area contributed by atoms with Crippen LogP contribution in [0.3, 0.4) is 0 Å². The first-order chi connectivity index (χ1) is 15.5. The Bertz CT molecular complexity index is 1130. The topological polar surface area (TPSA) is 93.6 Å². The lowest BCUT2D eigenvalue weighted by Gasteiger charge is -2.24. The Hall–Kier alpha value is -3.00. The molecule has 4 rings (SSSR count). The van der Waals surface area contributed by atoms with E-state index in [2.05, 4.69) is 4.98 Å². The van der Waals surface area contributed by atoms with Gasteiger partial charge in [0.25, 0.3) is 5.56 Å². The van der Waals surface area contributed by atoms with E-state index in [9.17, 15) is 14.7 Å². The molecule has 7 heteroatoms. The molecule has 0 radical (unpaired) electrons. The molecule has 4 atom stereocenters. The highest BCUT2D eigenvalue weighted by Gasteiger charge is 2.44. The number of hydrogen-bond donors (Lipinski definition) is 2. The molecule has 0 bridgehead atoms. The second-order valence-electron chi connectivity index (χ2n) is 8.29. The quantitative estimate of drug-likeness (QED) is 0.566. The van der Waals surface area contributed by atoms with Gasteiger partial charge < -0.3 is 14.6 Å². The summed E-state index contributed by atoms with van der Waals surface area (Å²) in [7, 11) is 0. The highest BCUT2D eigenvalue weighted by atomic mass is 16.5. The summed E-state index contributed by atoms with van der Waals surface area (Å²) in [4.78, 5) is 26.5. The van der Waals surface area contributed by atoms with E-state index in [-0.39, 0.29) is 5.92 Å². The fourth-order valence-corrected chi connectivity index (χ4v) is 4.26. The maximum atomic E-state index is 12.4. The monoisotopic (exact) mass is 436 g/mol. The maximum absolute atomic E-state index is 12.4. The molecule has 0 saturated heterocycles. The van der Waals surface area contributed by atoms with Gasteiger partial charge in [-0.15, -0.1) is 0 Å². The van der Waals surface area contributed by atoms with Gasteiger partial charge in [0.15, 0.2) is 0 Å². The van der Waals surface area contributed by atoms with E-state index < -0.39 is 29.5 Å². The summed E-state index contributed by atoms with van der Waals surface area (Å²) in [5.41, 5.74) is 1.54. The van der Waals surface area contributed by atoms with Crippen LogP contribution in [0.25, 0.3) is 0 Å². The van der Waals surface area contributed by atoms with Gasteiger partial charge in [-0.1, -0.05) is 60.7 Å². The van der Waals surface area contributed by atoms with Crippen molar-refractivity contribution in [1.82, 2.24) is 9.55 Å². The summed E-state index contributed by atoms with van der Waals surface area (Å²) >= 11 is 0. The van der Waals surface area contributed by atoms with Crippen LogP contribution in [0.2, 0.25) is 0 Å². The third-order valence-corrected chi connectivity index (χ3v) is 5.97. The lowest BCUT2D eigenvalue weighted by Crippen LogP contribution is -2.38. The van der Waals surface area contributed by atoms with E-state index in [4.69, 9.17) is 9.47 Å². The van der Waals surface area contributed by atoms with Gasteiger partial charge in [0.1, 0.15) is 6.10 Å². The molecule has 0 aliphatic heterocycles. The van der Waals surface area contributed by atoms with Crippen LogP contribution in [0, 0.1) is 12.8 Å². The lowest BCUT2D eigenvalue weighted by atomic mass is 10.1. The highest BCUT2D eigenvalue weighted by molar-refractivity contribution is 5.14. The Kier molecular flexibility index (Phi) is 6.99. The van der Waals surface area contributed by atoms with Crippen molar-refractivity contribution in [3.05, 3.63) is 104 Å². The van der Waals surface area contributed by atoms with Crippen LogP contribution < -0.4 is 11.2 Å². The van der Waals surface area contributed by atoms with Gasteiger partial charge in [-0.3, -0.25) is 14.3 Å². The summed E-state index contributed by atoms with van der Waals surface area (Å²) in [6.07, 6.45) is 0.597. The van der Waals surface area contributed by atoms with Crippen LogP contribution in [0.15, 0.2) is 76.4 Å². The third kappa shape index (κ3) is 5.07. The molecule has 1 heterocycles. The SMILES string of the molecule is Cc1cn([C@@H]2C[C@H](COCc3ccccc3)[C@@H](OCc3ccccc3)[C@H]2O)c(=O)[nH]c1=O. The number of nitrogens with one attached hydrogen (secondary N) is 1. The molecule has 7 nitrogen and oxygen atoms in total. The third-order valence-electron chi connectivity index (χ3n) is 5.97. The van der Waals surface area contributed by atoms with Crippen LogP contribution >= 0.6 is 0 Å². The standard InChI is InChI=1S/C25H28N2O5/c1-17-13-27(25(30)26-24(17)29)21-12-20(16-31-14-18-8-4-2-5-9-18)23(22(21)28)32-15-19-10-6-3-7-11-19/h2-11,13,20-23,28H,12,14-16H2,1H3,(H,26,29,30)/t20-,21-,22+,23-/m1/s1.